The summed E-state index contributed by atoms with van der Waals surface area (Å²) < 4.78 is 6.30. The molecule has 0 amide bonds. The minimum absolute atomic E-state index is 0.453. The predicted octanol–water partition coefficient (Wildman–Crippen LogP) is 16.5. The van der Waals surface area contributed by atoms with Gasteiger partial charge < -0.3 is 14.2 Å². The summed E-state index contributed by atoms with van der Waals surface area (Å²) in [5, 5.41) is 7.00. The number of nitrogens with zero attached hydrogens (tertiary/aromatic N) is 2. The largest absolute Gasteiger partial charge is 0.456 e. The molecule has 60 heavy (non-hydrogen) atoms. The summed E-state index contributed by atoms with van der Waals surface area (Å²) in [6, 6.07) is 72.1. The predicted molar refractivity (Wildman–Crippen MR) is 254 cm³/mol. The molecule has 0 saturated heterocycles. The molecule has 1 aliphatic rings. The number of para-hydroxylation sites is 4. The summed E-state index contributed by atoms with van der Waals surface area (Å²) in [6.45, 7) is 2.31. The van der Waals surface area contributed by atoms with Crippen molar-refractivity contribution in [3.8, 4) is 11.1 Å². The first kappa shape index (κ1) is 35.5. The molecular weight excluding hydrogens is 729 g/mol. The molecule has 3 nitrogen and oxygen atoms in total. The molecule has 0 radical (unpaired) electrons. The van der Waals surface area contributed by atoms with Gasteiger partial charge in [0.1, 0.15) is 11.2 Å². The fourth-order valence-corrected chi connectivity index (χ4v) is 9.15. The van der Waals surface area contributed by atoms with E-state index in [0.29, 0.717) is 5.92 Å². The maximum Gasteiger partial charge on any atom is 0.135 e. The van der Waals surface area contributed by atoms with E-state index in [2.05, 4.69) is 223 Å². The van der Waals surface area contributed by atoms with Crippen LogP contribution in [-0.2, 0) is 0 Å². The van der Waals surface area contributed by atoms with Crippen LogP contribution in [0.5, 0.6) is 0 Å². The Balaban J connectivity index is 1.26. The molecule has 1 heterocycles. The Labute approximate surface area is 350 Å². The van der Waals surface area contributed by atoms with Gasteiger partial charge >= 0.3 is 0 Å². The van der Waals surface area contributed by atoms with Crippen LogP contribution in [0, 0.1) is 5.92 Å². The molecule has 3 heteroatoms. The van der Waals surface area contributed by atoms with Crippen LogP contribution in [0.4, 0.5) is 34.1 Å². The standard InChI is InChI=1S/C57H42N2O/c1-39-17-16-20-41(35-39)47-32-33-48(40-18-6-2-7-19-40)57-52-37-45(29-31-49(52)54(38-53(47)57)59(43-23-10-4-11-24-43)44-25-12-5-13-26-44)58(42-21-8-3-9-22-42)46-30-34-56-51(36-46)50-27-14-15-28-55(50)60-56/h2-16,18-39H,17H2,1H3. The first-order valence-corrected chi connectivity index (χ1v) is 20.8. The molecule has 0 fully saturated rings. The number of anilines is 6. The van der Waals surface area contributed by atoms with Crippen molar-refractivity contribution in [2.45, 2.75) is 13.3 Å². The summed E-state index contributed by atoms with van der Waals surface area (Å²) in [6.07, 6.45) is 8.13. The van der Waals surface area contributed by atoms with Gasteiger partial charge in [-0.25, -0.2) is 0 Å². The molecule has 1 atom stereocenters. The number of rotatable bonds is 8. The van der Waals surface area contributed by atoms with Crippen LogP contribution in [0.3, 0.4) is 0 Å². The molecule has 9 aromatic carbocycles. The zero-order chi connectivity index (χ0) is 40.0. The van der Waals surface area contributed by atoms with Crippen LogP contribution in [0.1, 0.15) is 18.9 Å². The number of fused-ring (bicyclic) bond motifs is 6. The van der Waals surface area contributed by atoms with Gasteiger partial charge in [0.15, 0.2) is 0 Å². The van der Waals surface area contributed by atoms with Crippen LogP contribution in [0.25, 0.3) is 60.2 Å². The fraction of sp³-hybridized carbons (Fsp3) is 0.0526. The Morgan fingerprint density at radius 2 is 1.00 bits per heavy atom. The molecule has 0 saturated carbocycles. The van der Waals surface area contributed by atoms with E-state index in [1.165, 1.54) is 43.8 Å². The summed E-state index contributed by atoms with van der Waals surface area (Å²) >= 11 is 0. The highest BCUT2D eigenvalue weighted by Crippen LogP contribution is 2.49. The first-order chi connectivity index (χ1) is 29.7. The van der Waals surface area contributed by atoms with Crippen molar-refractivity contribution in [1.82, 2.24) is 0 Å². The number of hydrogen-bond donors (Lipinski definition) is 0. The van der Waals surface area contributed by atoms with Gasteiger partial charge in [-0.05, 0) is 130 Å². The van der Waals surface area contributed by atoms with E-state index < -0.39 is 0 Å². The van der Waals surface area contributed by atoms with Gasteiger partial charge in [0.05, 0.1) is 5.69 Å². The van der Waals surface area contributed by atoms with E-state index in [-0.39, 0.29) is 0 Å². The second kappa shape index (κ2) is 15.0. The van der Waals surface area contributed by atoms with Crippen molar-refractivity contribution in [2.24, 2.45) is 5.92 Å². The fourth-order valence-electron chi connectivity index (χ4n) is 9.15. The molecule has 1 unspecified atom stereocenters. The average molecular weight is 771 g/mol. The zero-order valence-corrected chi connectivity index (χ0v) is 33.4. The van der Waals surface area contributed by atoms with Crippen LogP contribution in [-0.4, -0.2) is 0 Å². The Bertz CT molecular complexity index is 3200. The van der Waals surface area contributed by atoms with Crippen molar-refractivity contribution >= 4 is 83.2 Å². The van der Waals surface area contributed by atoms with Crippen molar-refractivity contribution in [2.75, 3.05) is 9.80 Å². The Hall–Kier alpha value is -7.62. The van der Waals surface area contributed by atoms with E-state index in [4.69, 9.17) is 4.42 Å². The topological polar surface area (TPSA) is 19.6 Å². The Morgan fingerprint density at radius 3 is 1.68 bits per heavy atom. The third-order valence-corrected chi connectivity index (χ3v) is 11.9. The molecule has 10 aromatic rings. The third-order valence-electron chi connectivity index (χ3n) is 11.9. The van der Waals surface area contributed by atoms with Crippen LogP contribution < -0.4 is 9.80 Å². The van der Waals surface area contributed by atoms with Crippen molar-refractivity contribution in [1.29, 1.82) is 0 Å². The Kier molecular flexibility index (Phi) is 8.86. The van der Waals surface area contributed by atoms with Gasteiger partial charge in [0, 0.05) is 44.6 Å². The van der Waals surface area contributed by atoms with E-state index in [1.54, 1.807) is 0 Å². The lowest BCUT2D eigenvalue weighted by molar-refractivity contribution is 0.669. The van der Waals surface area contributed by atoms with Crippen molar-refractivity contribution in [3.63, 3.8) is 0 Å². The molecule has 0 N–H and O–H groups in total. The highest BCUT2D eigenvalue weighted by molar-refractivity contribution is 6.22. The maximum atomic E-state index is 6.30. The summed E-state index contributed by atoms with van der Waals surface area (Å²) in [7, 11) is 0. The van der Waals surface area contributed by atoms with Crippen LogP contribution >= 0.6 is 0 Å². The lowest BCUT2D eigenvalue weighted by Crippen LogP contribution is -2.12. The summed E-state index contributed by atoms with van der Waals surface area (Å²) in [5.41, 5.74) is 13.2. The van der Waals surface area contributed by atoms with Crippen LogP contribution in [0.2, 0.25) is 0 Å². The zero-order valence-electron chi connectivity index (χ0n) is 33.4. The van der Waals surface area contributed by atoms with Gasteiger partial charge in [-0.2, -0.15) is 0 Å². The summed E-state index contributed by atoms with van der Waals surface area (Å²) in [5.74, 6) is 0.453. The van der Waals surface area contributed by atoms with Gasteiger partial charge in [-0.3, -0.25) is 0 Å². The minimum Gasteiger partial charge on any atom is -0.456 e. The Morgan fingerprint density at radius 1 is 0.433 bits per heavy atom. The van der Waals surface area contributed by atoms with Crippen molar-refractivity contribution < 1.29 is 4.42 Å². The molecule has 286 valence electrons. The van der Waals surface area contributed by atoms with Gasteiger partial charge in [0.25, 0.3) is 0 Å². The van der Waals surface area contributed by atoms with Crippen molar-refractivity contribution in [3.05, 3.63) is 224 Å². The third kappa shape index (κ3) is 6.23. The van der Waals surface area contributed by atoms with E-state index in [9.17, 15) is 0 Å². The number of furan rings is 1. The number of hydrogen-bond acceptors (Lipinski definition) is 3. The number of benzene rings is 9. The van der Waals surface area contributed by atoms with E-state index >= 15 is 0 Å². The van der Waals surface area contributed by atoms with Gasteiger partial charge in [-0.15, -0.1) is 0 Å². The molecule has 0 bridgehead atoms. The monoisotopic (exact) mass is 770 g/mol. The van der Waals surface area contributed by atoms with Crippen LogP contribution in [0.15, 0.2) is 223 Å². The molecule has 0 aliphatic heterocycles. The molecule has 11 rings (SSSR count). The molecule has 1 aliphatic carbocycles. The molecule has 1 aromatic heterocycles. The maximum absolute atomic E-state index is 6.30. The smallest absolute Gasteiger partial charge is 0.135 e. The molecular formula is C57H42N2O. The first-order valence-electron chi connectivity index (χ1n) is 20.8. The van der Waals surface area contributed by atoms with E-state index in [1.807, 2.05) is 12.1 Å². The lowest BCUT2D eigenvalue weighted by Gasteiger charge is -2.30. The van der Waals surface area contributed by atoms with Gasteiger partial charge in [0.2, 0.25) is 0 Å². The SMILES string of the molecule is CC1C=C(c2ccc(-c3ccccc3)c3c2cc(N(c2ccccc2)c2ccccc2)c2ccc(N(c4ccccc4)c4ccc5oc6ccccc6c5c4)cc23)C=CC1. The normalized spacial score (nSPS) is 13.9. The van der Waals surface area contributed by atoms with Gasteiger partial charge in [-0.1, -0.05) is 146 Å². The quantitative estimate of drug-likeness (QED) is 0.144. The second-order valence-electron chi connectivity index (χ2n) is 15.8. The highest BCUT2D eigenvalue weighted by atomic mass is 16.3. The lowest BCUT2D eigenvalue weighted by atomic mass is 9.85. The highest BCUT2D eigenvalue weighted by Gasteiger charge is 2.23. The molecule has 0 spiro atoms. The van der Waals surface area contributed by atoms with E-state index in [0.717, 1.165) is 62.5 Å². The number of allylic oxidation sites excluding steroid dienone is 4. The minimum atomic E-state index is 0.453. The second-order valence-corrected chi connectivity index (χ2v) is 15.8. The average Bonchev–Trinajstić information content (AvgIpc) is 3.68. The summed E-state index contributed by atoms with van der Waals surface area (Å²) in [4.78, 5) is 4.80.